The summed E-state index contributed by atoms with van der Waals surface area (Å²) >= 11 is 0. The van der Waals surface area contributed by atoms with Gasteiger partial charge in [0.2, 0.25) is 0 Å². The van der Waals surface area contributed by atoms with E-state index in [-0.39, 0.29) is 45.4 Å². The number of rotatable bonds is 3. The molecule has 9 heteroatoms. The van der Waals surface area contributed by atoms with Crippen LogP contribution in [-0.2, 0) is 0 Å². The Morgan fingerprint density at radius 1 is 1.22 bits per heavy atom. The van der Waals surface area contributed by atoms with Gasteiger partial charge in [-0.25, -0.2) is 9.59 Å². The highest BCUT2D eigenvalue weighted by atomic mass is 16.6. The van der Waals surface area contributed by atoms with Crippen molar-refractivity contribution in [2.75, 3.05) is 7.11 Å². The summed E-state index contributed by atoms with van der Waals surface area (Å²) in [5, 5.41) is 23.1. The van der Waals surface area contributed by atoms with Crippen LogP contribution in [0.15, 0.2) is 17.2 Å². The molecule has 4 N–H and O–H groups in total. The summed E-state index contributed by atoms with van der Waals surface area (Å²) in [5.74, 6) is 2.71. The number of fused-ring (bicyclic) bond motifs is 2. The van der Waals surface area contributed by atoms with E-state index in [4.69, 9.17) is 20.1 Å². The van der Waals surface area contributed by atoms with Crippen molar-refractivity contribution in [2.24, 2.45) is 10.9 Å². The third kappa shape index (κ3) is 2.78. The topological polar surface area (TPSA) is 141 Å². The predicted octanol–water partition coefficient (Wildman–Crippen LogP) is 2.33. The zero-order valence-electron chi connectivity index (χ0n) is 14.7. The number of hydrogen-bond donors (Lipinski definition) is 3. The number of hydrogen-bond acceptors (Lipinski definition) is 8. The minimum atomic E-state index is -1.31. The molecule has 1 aliphatic rings. The highest BCUT2D eigenvalue weighted by Gasteiger charge is 2.33. The number of carbonyl (C=O) groups is 2. The van der Waals surface area contributed by atoms with Crippen LogP contribution < -0.4 is 20.1 Å². The maximum atomic E-state index is 12.7. The number of nitrogens with zero attached hydrogens (tertiary/aromatic N) is 1. The van der Waals surface area contributed by atoms with Crippen molar-refractivity contribution in [1.82, 2.24) is 0 Å². The fourth-order valence-corrected chi connectivity index (χ4v) is 2.89. The van der Waals surface area contributed by atoms with Crippen LogP contribution in [-0.4, -0.2) is 35.5 Å². The second kappa shape index (κ2) is 6.52. The summed E-state index contributed by atoms with van der Waals surface area (Å²) in [6, 6.07) is 2.60. The van der Waals surface area contributed by atoms with E-state index in [0.717, 1.165) is 6.21 Å². The van der Waals surface area contributed by atoms with Gasteiger partial charge in [-0.05, 0) is 31.5 Å². The highest BCUT2D eigenvalue weighted by molar-refractivity contribution is 6.03. The third-order valence-electron chi connectivity index (χ3n) is 4.19. The van der Waals surface area contributed by atoms with Crippen LogP contribution in [0.4, 0.5) is 0 Å². The monoisotopic (exact) mass is 372 g/mol. The lowest BCUT2D eigenvalue weighted by Crippen LogP contribution is -2.11. The lowest BCUT2D eigenvalue weighted by molar-refractivity contribution is 0.0685. The fraction of sp³-hybridized carbons (Fsp3) is 0.167. The normalized spacial score (nSPS) is 12.6. The summed E-state index contributed by atoms with van der Waals surface area (Å²) in [4.78, 5) is 24.5. The van der Waals surface area contributed by atoms with E-state index < -0.39 is 11.9 Å². The number of phenols is 1. The zero-order valence-corrected chi connectivity index (χ0v) is 14.7. The summed E-state index contributed by atoms with van der Waals surface area (Å²) < 4.78 is 16.4. The molecule has 0 bridgehead atoms. The Kier molecular flexibility index (Phi) is 4.36. The van der Waals surface area contributed by atoms with Crippen molar-refractivity contribution in [2.45, 2.75) is 13.8 Å². The van der Waals surface area contributed by atoms with Gasteiger partial charge in [-0.15, -0.1) is 0 Å². The Morgan fingerprint density at radius 3 is 2.52 bits per heavy atom. The fourth-order valence-electron chi connectivity index (χ4n) is 2.89. The van der Waals surface area contributed by atoms with Crippen LogP contribution in [0.3, 0.4) is 0 Å². The van der Waals surface area contributed by atoms with Crippen molar-refractivity contribution in [3.05, 3.63) is 39.9 Å². The van der Waals surface area contributed by atoms with Crippen molar-refractivity contribution in [3.63, 3.8) is 0 Å². The molecule has 27 heavy (non-hydrogen) atoms. The molecule has 0 saturated carbocycles. The number of carboxylic acid groups (broad SMARTS) is 1. The van der Waals surface area contributed by atoms with E-state index in [9.17, 15) is 19.8 Å². The van der Waals surface area contributed by atoms with Gasteiger partial charge >= 0.3 is 11.9 Å². The lowest BCUT2D eigenvalue weighted by Gasteiger charge is -2.16. The maximum absolute atomic E-state index is 12.7. The minimum absolute atomic E-state index is 0.0210. The maximum Gasteiger partial charge on any atom is 0.347 e. The molecule has 0 aliphatic carbocycles. The number of esters is 1. The molecule has 0 saturated heterocycles. The molecule has 0 fully saturated rings. The van der Waals surface area contributed by atoms with Gasteiger partial charge in [0.1, 0.15) is 22.6 Å². The molecule has 0 amide bonds. The molecule has 0 spiro atoms. The second-order valence-corrected chi connectivity index (χ2v) is 5.81. The first-order valence-corrected chi connectivity index (χ1v) is 7.74. The number of aryl methyl sites for hydroxylation is 1. The number of hydrazone groups is 1. The van der Waals surface area contributed by atoms with Gasteiger partial charge in [-0.3, -0.25) is 0 Å². The SMILES string of the molecule is COc1cc(C(=O)O)c2c(c1C)OC(=O)c1c(C)cc(O)c(C=NN)c1O2. The third-order valence-corrected chi connectivity index (χ3v) is 4.19. The molecule has 0 radical (unpaired) electrons. The van der Waals surface area contributed by atoms with Crippen LogP contribution >= 0.6 is 0 Å². The number of methoxy groups -OCH3 is 1. The predicted molar refractivity (Wildman–Crippen MR) is 94.3 cm³/mol. The zero-order chi connectivity index (χ0) is 19.9. The van der Waals surface area contributed by atoms with Crippen molar-refractivity contribution in [3.8, 4) is 28.7 Å². The van der Waals surface area contributed by atoms with Gasteiger partial charge < -0.3 is 30.3 Å². The van der Waals surface area contributed by atoms with Gasteiger partial charge in [0.05, 0.1) is 18.9 Å². The average Bonchev–Trinajstić information content (AvgIpc) is 2.75. The number of aromatic hydroxyl groups is 1. The molecule has 1 heterocycles. The number of phenolic OH excluding ortho intramolecular Hbond substituents is 1. The van der Waals surface area contributed by atoms with Crippen LogP contribution in [0.2, 0.25) is 0 Å². The number of ether oxygens (including phenoxy) is 3. The number of benzene rings is 2. The number of nitrogens with two attached hydrogens (primary N) is 1. The van der Waals surface area contributed by atoms with Crippen LogP contribution in [0.5, 0.6) is 28.7 Å². The van der Waals surface area contributed by atoms with Gasteiger partial charge in [0.25, 0.3) is 0 Å². The first-order valence-electron chi connectivity index (χ1n) is 7.74. The Morgan fingerprint density at radius 2 is 1.93 bits per heavy atom. The summed E-state index contributed by atoms with van der Waals surface area (Å²) in [5.41, 5.74) is 0.525. The lowest BCUT2D eigenvalue weighted by atomic mass is 10.0. The Hall–Kier alpha value is -3.75. The molecule has 0 aromatic heterocycles. The number of aromatic carboxylic acids is 1. The Labute approximate surface area is 153 Å². The molecule has 2 aromatic carbocycles. The van der Waals surface area contributed by atoms with Gasteiger partial charge in [0, 0.05) is 5.56 Å². The van der Waals surface area contributed by atoms with Crippen LogP contribution in [0, 0.1) is 13.8 Å². The van der Waals surface area contributed by atoms with Gasteiger partial charge in [-0.2, -0.15) is 5.10 Å². The highest BCUT2D eigenvalue weighted by Crippen LogP contribution is 2.48. The molecular weight excluding hydrogens is 356 g/mol. The molecule has 9 nitrogen and oxygen atoms in total. The quantitative estimate of drug-likeness (QED) is 0.245. The summed E-state index contributed by atoms with van der Waals surface area (Å²) in [7, 11) is 1.37. The van der Waals surface area contributed by atoms with Crippen LogP contribution in [0.1, 0.15) is 37.4 Å². The van der Waals surface area contributed by atoms with Crippen LogP contribution in [0.25, 0.3) is 0 Å². The Balaban J connectivity index is 2.40. The Bertz CT molecular complexity index is 1010. The standard InChI is InChI=1S/C18H16N2O7/c1-7-4-11(21)10(6-20-19)15-13(7)18(24)27-14-8(2)12(25-3)5-9(17(22)23)16(14)26-15/h4-6,21H,19H2,1-3H3,(H,22,23). The molecule has 140 valence electrons. The molecule has 0 unspecified atom stereocenters. The molecule has 2 aromatic rings. The van der Waals surface area contributed by atoms with Gasteiger partial charge in [0.15, 0.2) is 17.2 Å². The van der Waals surface area contributed by atoms with Gasteiger partial charge in [-0.1, -0.05) is 0 Å². The van der Waals surface area contributed by atoms with E-state index in [0.29, 0.717) is 11.1 Å². The molecule has 3 rings (SSSR count). The first kappa shape index (κ1) is 18.1. The molecule has 1 aliphatic heterocycles. The van der Waals surface area contributed by atoms with E-state index in [1.165, 1.54) is 19.2 Å². The number of carbonyl (C=O) groups excluding carboxylic acids is 1. The smallest absolute Gasteiger partial charge is 0.347 e. The molecular formula is C18H16N2O7. The summed E-state index contributed by atoms with van der Waals surface area (Å²) in [6.07, 6.45) is 1.10. The molecule has 0 atom stereocenters. The summed E-state index contributed by atoms with van der Waals surface area (Å²) in [6.45, 7) is 3.18. The minimum Gasteiger partial charge on any atom is -0.507 e. The second-order valence-electron chi connectivity index (χ2n) is 5.81. The van der Waals surface area contributed by atoms with Crippen molar-refractivity contribution < 1.29 is 34.0 Å². The van der Waals surface area contributed by atoms with E-state index in [1.54, 1.807) is 13.8 Å². The van der Waals surface area contributed by atoms with E-state index in [2.05, 4.69) is 5.10 Å². The van der Waals surface area contributed by atoms with Crippen molar-refractivity contribution >= 4 is 18.2 Å². The van der Waals surface area contributed by atoms with Crippen molar-refractivity contribution in [1.29, 1.82) is 0 Å². The van der Waals surface area contributed by atoms with E-state index >= 15 is 0 Å². The number of carboxylic acids is 1. The first-order chi connectivity index (χ1) is 12.8. The average molecular weight is 372 g/mol. The largest absolute Gasteiger partial charge is 0.507 e. The van der Waals surface area contributed by atoms with E-state index in [1.807, 2.05) is 0 Å².